The third-order valence-electron chi connectivity index (χ3n) is 2.30. The van der Waals surface area contributed by atoms with Crippen molar-refractivity contribution in [3.8, 4) is 0 Å². The summed E-state index contributed by atoms with van der Waals surface area (Å²) in [6.45, 7) is 4.81. The second-order valence-corrected chi connectivity index (χ2v) is 3.60. The van der Waals surface area contributed by atoms with Gasteiger partial charge in [0.1, 0.15) is 0 Å². The number of rotatable bonds is 8. The van der Waals surface area contributed by atoms with Crippen LogP contribution in [0.5, 0.6) is 0 Å². The quantitative estimate of drug-likeness (QED) is 0.440. The second kappa shape index (κ2) is 8.84. The molecule has 104 valence electrons. The molecule has 0 aliphatic heterocycles. The van der Waals surface area contributed by atoms with Crippen molar-refractivity contribution in [3.05, 3.63) is 21.9 Å². The van der Waals surface area contributed by atoms with Crippen LogP contribution < -0.4 is 5.32 Å². The highest BCUT2D eigenvalue weighted by atomic mass is 35.5. The van der Waals surface area contributed by atoms with Crippen LogP contribution in [0.4, 0.5) is 5.82 Å². The van der Waals surface area contributed by atoms with Gasteiger partial charge in [-0.1, -0.05) is 0 Å². The lowest BCUT2D eigenvalue weighted by atomic mass is 10.4. The van der Waals surface area contributed by atoms with E-state index in [1.807, 2.05) is 6.92 Å². The fraction of sp³-hybridized carbons (Fsp3) is 0.700. The minimum atomic E-state index is -0.488. The smallest absolute Gasteiger partial charge is 0.382 e. The first-order valence-corrected chi connectivity index (χ1v) is 5.61. The zero-order valence-electron chi connectivity index (χ0n) is 10.6. The summed E-state index contributed by atoms with van der Waals surface area (Å²) < 4.78 is 6.72. The lowest BCUT2D eigenvalue weighted by Crippen LogP contribution is -2.18. The van der Waals surface area contributed by atoms with Crippen molar-refractivity contribution in [1.29, 1.82) is 0 Å². The van der Waals surface area contributed by atoms with Crippen molar-refractivity contribution in [1.82, 2.24) is 15.1 Å². The maximum atomic E-state index is 10.5. The predicted molar refractivity (Wildman–Crippen MR) is 69.9 cm³/mol. The third kappa shape index (κ3) is 5.44. The summed E-state index contributed by atoms with van der Waals surface area (Å²) in [5, 5.41) is 17.5. The number of nitro groups is 1. The number of hydrogen-bond donors (Lipinski definition) is 1. The molecule has 0 fully saturated rings. The molecule has 8 heteroatoms. The molecule has 1 aromatic heterocycles. The summed E-state index contributed by atoms with van der Waals surface area (Å²) in [6, 6.07) is 1.48. The normalized spacial score (nSPS) is 10.1. The molecule has 7 nitrogen and oxygen atoms in total. The van der Waals surface area contributed by atoms with Crippen LogP contribution in [0.25, 0.3) is 0 Å². The molecule has 0 aliphatic rings. The molecule has 1 N–H and O–H groups in total. The standard InChI is InChI=1S/C10H18N4O3.ClH/c1-3-17-6-4-5-11-8-9-7-10(14(15)16)12-13(9)2;/h7,11H,3-6,8H2,1-2H3;1H. The van der Waals surface area contributed by atoms with Crippen molar-refractivity contribution >= 4 is 18.2 Å². The van der Waals surface area contributed by atoms with E-state index in [-0.39, 0.29) is 18.2 Å². The largest absolute Gasteiger partial charge is 0.390 e. The monoisotopic (exact) mass is 278 g/mol. The van der Waals surface area contributed by atoms with Gasteiger partial charge in [0, 0.05) is 19.8 Å². The molecule has 0 amide bonds. The number of aryl methyl sites for hydroxylation is 1. The van der Waals surface area contributed by atoms with E-state index in [0.29, 0.717) is 6.54 Å². The molecule has 0 atom stereocenters. The molecule has 1 heterocycles. The Morgan fingerprint density at radius 2 is 2.33 bits per heavy atom. The minimum Gasteiger partial charge on any atom is -0.382 e. The molecular weight excluding hydrogens is 260 g/mol. The lowest BCUT2D eigenvalue weighted by molar-refractivity contribution is -0.389. The average molecular weight is 279 g/mol. The van der Waals surface area contributed by atoms with Gasteiger partial charge in [-0.2, -0.15) is 4.68 Å². The summed E-state index contributed by atoms with van der Waals surface area (Å²) in [5.41, 5.74) is 0.799. The van der Waals surface area contributed by atoms with Gasteiger partial charge >= 0.3 is 5.82 Å². The van der Waals surface area contributed by atoms with E-state index in [2.05, 4.69) is 10.4 Å². The first-order valence-electron chi connectivity index (χ1n) is 5.61. The van der Waals surface area contributed by atoms with Gasteiger partial charge < -0.3 is 20.2 Å². The summed E-state index contributed by atoms with van der Waals surface area (Å²) in [6.07, 6.45) is 0.924. The van der Waals surface area contributed by atoms with Gasteiger partial charge in [0.25, 0.3) is 0 Å². The van der Waals surface area contributed by atoms with Crippen molar-refractivity contribution in [2.24, 2.45) is 7.05 Å². The summed E-state index contributed by atoms with van der Waals surface area (Å²) in [4.78, 5) is 10.0. The van der Waals surface area contributed by atoms with E-state index in [9.17, 15) is 10.1 Å². The summed E-state index contributed by atoms with van der Waals surface area (Å²) in [7, 11) is 1.70. The van der Waals surface area contributed by atoms with E-state index in [1.54, 1.807) is 7.05 Å². The fourth-order valence-corrected chi connectivity index (χ4v) is 1.40. The predicted octanol–water partition coefficient (Wildman–Crippen LogP) is 1.27. The Hall–Kier alpha value is -1.18. The highest BCUT2D eigenvalue weighted by Gasteiger charge is 2.14. The first kappa shape index (κ1) is 16.8. The van der Waals surface area contributed by atoms with Crippen LogP contribution in [-0.2, 0) is 18.3 Å². The van der Waals surface area contributed by atoms with E-state index in [4.69, 9.17) is 4.74 Å². The molecule has 0 unspecified atom stereocenters. The first-order chi connectivity index (χ1) is 8.15. The molecule has 18 heavy (non-hydrogen) atoms. The molecule has 0 saturated carbocycles. The minimum absolute atomic E-state index is 0. The van der Waals surface area contributed by atoms with Crippen LogP contribution in [0.2, 0.25) is 0 Å². The van der Waals surface area contributed by atoms with Crippen LogP contribution in [0.1, 0.15) is 19.0 Å². The van der Waals surface area contributed by atoms with Crippen LogP contribution in [-0.4, -0.2) is 34.5 Å². The molecule has 1 rings (SSSR count). The topological polar surface area (TPSA) is 82.2 Å². The summed E-state index contributed by atoms with van der Waals surface area (Å²) >= 11 is 0. The number of aromatic nitrogens is 2. The van der Waals surface area contributed by atoms with Crippen LogP contribution >= 0.6 is 12.4 Å². The van der Waals surface area contributed by atoms with Gasteiger partial charge in [0.15, 0.2) is 0 Å². The fourth-order valence-electron chi connectivity index (χ4n) is 1.40. The van der Waals surface area contributed by atoms with Gasteiger partial charge in [-0.25, -0.2) is 0 Å². The molecule has 0 spiro atoms. The second-order valence-electron chi connectivity index (χ2n) is 3.60. The highest BCUT2D eigenvalue weighted by molar-refractivity contribution is 5.85. The molecule has 0 aromatic carbocycles. The molecule has 1 aromatic rings. The maximum Gasteiger partial charge on any atom is 0.390 e. The number of nitrogens with zero attached hydrogens (tertiary/aromatic N) is 3. The van der Waals surface area contributed by atoms with Crippen molar-refractivity contribution < 1.29 is 9.66 Å². The molecule has 0 radical (unpaired) electrons. The highest BCUT2D eigenvalue weighted by Crippen LogP contribution is 2.10. The van der Waals surface area contributed by atoms with Gasteiger partial charge in [-0.3, -0.25) is 0 Å². The SMILES string of the molecule is CCOCCCNCc1cc([N+](=O)[O-])nn1C.Cl. The van der Waals surface area contributed by atoms with E-state index < -0.39 is 4.92 Å². The molecule has 0 saturated heterocycles. The maximum absolute atomic E-state index is 10.5. The Kier molecular flexibility index (Phi) is 8.27. The van der Waals surface area contributed by atoms with Crippen LogP contribution in [0.15, 0.2) is 6.07 Å². The number of nitrogens with one attached hydrogen (secondary N) is 1. The molecule has 0 aliphatic carbocycles. The van der Waals surface area contributed by atoms with Crippen molar-refractivity contribution in [2.75, 3.05) is 19.8 Å². The Labute approximate surface area is 112 Å². The molecular formula is C10H19ClN4O3. The van der Waals surface area contributed by atoms with E-state index in [1.165, 1.54) is 10.7 Å². The van der Waals surface area contributed by atoms with Crippen LogP contribution in [0.3, 0.4) is 0 Å². The summed E-state index contributed by atoms with van der Waals surface area (Å²) in [5.74, 6) is -0.112. The van der Waals surface area contributed by atoms with Gasteiger partial charge in [-0.15, -0.1) is 12.4 Å². The lowest BCUT2D eigenvalue weighted by Gasteiger charge is -2.03. The number of hydrogen-bond acceptors (Lipinski definition) is 5. The van der Waals surface area contributed by atoms with Crippen molar-refractivity contribution in [3.63, 3.8) is 0 Å². The molecule has 0 bridgehead atoms. The zero-order chi connectivity index (χ0) is 12.7. The number of ether oxygens (including phenoxy) is 1. The number of halogens is 1. The van der Waals surface area contributed by atoms with Gasteiger partial charge in [0.2, 0.25) is 0 Å². The Bertz CT molecular complexity index is 370. The Morgan fingerprint density at radius 1 is 1.61 bits per heavy atom. The third-order valence-corrected chi connectivity index (χ3v) is 2.30. The van der Waals surface area contributed by atoms with Crippen LogP contribution in [0, 0.1) is 10.1 Å². The Morgan fingerprint density at radius 3 is 2.89 bits per heavy atom. The van der Waals surface area contributed by atoms with Gasteiger partial charge in [-0.05, 0) is 24.8 Å². The van der Waals surface area contributed by atoms with E-state index in [0.717, 1.165) is 31.9 Å². The van der Waals surface area contributed by atoms with E-state index >= 15 is 0 Å². The van der Waals surface area contributed by atoms with Gasteiger partial charge in [0.05, 0.1) is 23.9 Å². The average Bonchev–Trinajstić information content (AvgIpc) is 2.65. The van der Waals surface area contributed by atoms with Crippen molar-refractivity contribution in [2.45, 2.75) is 19.9 Å². The Balaban J connectivity index is 0.00000289. The zero-order valence-corrected chi connectivity index (χ0v) is 11.4.